The molecule has 1 N–H and O–H groups in total. The maximum Gasteiger partial charge on any atom is 0.208 e. The second kappa shape index (κ2) is 5.45. The Morgan fingerprint density at radius 3 is 3.07 bits per heavy atom. The molecule has 4 nitrogen and oxygen atoms in total. The van der Waals surface area contributed by atoms with E-state index in [9.17, 15) is 0 Å². The summed E-state index contributed by atoms with van der Waals surface area (Å²) in [4.78, 5) is 4.24. The number of nitrogens with one attached hydrogen (secondary N) is 1. The summed E-state index contributed by atoms with van der Waals surface area (Å²) in [6.45, 7) is 3.81. The van der Waals surface area contributed by atoms with Crippen LogP contribution in [0.4, 0.5) is 0 Å². The van der Waals surface area contributed by atoms with Gasteiger partial charge in [-0.3, -0.25) is 5.10 Å². The molecule has 14 heavy (non-hydrogen) atoms. The van der Waals surface area contributed by atoms with Gasteiger partial charge in [0.25, 0.3) is 0 Å². The van der Waals surface area contributed by atoms with Gasteiger partial charge in [-0.1, -0.05) is 24.8 Å². The molecule has 0 radical (unpaired) electrons. The van der Waals surface area contributed by atoms with Gasteiger partial charge in [0.2, 0.25) is 5.16 Å². The van der Waals surface area contributed by atoms with E-state index in [-0.39, 0.29) is 0 Å². The Morgan fingerprint density at radius 1 is 1.71 bits per heavy atom. The van der Waals surface area contributed by atoms with Crippen LogP contribution in [-0.2, 0) is 6.42 Å². The zero-order valence-corrected chi connectivity index (χ0v) is 9.06. The Labute approximate surface area is 87.4 Å². The first kappa shape index (κ1) is 10.8. The summed E-state index contributed by atoms with van der Waals surface area (Å²) in [7, 11) is 0. The summed E-state index contributed by atoms with van der Waals surface area (Å²) in [5.41, 5.74) is 0.726. The standard InChI is InChI=1S/C9H12N4S/c1-3-8-11-9(13-12-8)14-5-4-7(2)6-10/h4H,3,5H2,1-2H3,(H,11,12,13)/b7-4+. The summed E-state index contributed by atoms with van der Waals surface area (Å²) in [5, 5.41) is 16.1. The Bertz CT molecular complexity index is 361. The third-order valence-electron chi connectivity index (χ3n) is 1.62. The topological polar surface area (TPSA) is 65.4 Å². The van der Waals surface area contributed by atoms with Crippen molar-refractivity contribution < 1.29 is 0 Å². The molecule has 5 heteroatoms. The number of rotatable bonds is 4. The Hall–Kier alpha value is -1.28. The normalized spacial score (nSPS) is 11.4. The minimum absolute atomic E-state index is 0.726. The summed E-state index contributed by atoms with van der Waals surface area (Å²) in [5.74, 6) is 1.63. The van der Waals surface area contributed by atoms with E-state index in [0.29, 0.717) is 0 Å². The van der Waals surface area contributed by atoms with Crippen molar-refractivity contribution in [2.45, 2.75) is 25.4 Å². The van der Waals surface area contributed by atoms with Crippen molar-refractivity contribution in [1.82, 2.24) is 15.2 Å². The molecule has 0 bridgehead atoms. The van der Waals surface area contributed by atoms with Crippen LogP contribution in [0, 0.1) is 11.3 Å². The molecule has 0 spiro atoms. The number of aryl methyl sites for hydroxylation is 1. The Morgan fingerprint density at radius 2 is 2.50 bits per heavy atom. The molecular weight excluding hydrogens is 196 g/mol. The molecule has 0 aliphatic rings. The van der Waals surface area contributed by atoms with Crippen LogP contribution in [0.3, 0.4) is 0 Å². The number of nitrogens with zero attached hydrogens (tertiary/aromatic N) is 3. The van der Waals surface area contributed by atoms with Crippen LogP contribution in [0.5, 0.6) is 0 Å². The highest BCUT2D eigenvalue weighted by atomic mass is 32.2. The second-order valence-electron chi connectivity index (χ2n) is 2.73. The van der Waals surface area contributed by atoms with Crippen molar-refractivity contribution in [2.24, 2.45) is 0 Å². The number of thioether (sulfide) groups is 1. The average molecular weight is 208 g/mol. The predicted molar refractivity (Wildman–Crippen MR) is 55.9 cm³/mol. The van der Waals surface area contributed by atoms with E-state index in [0.717, 1.165) is 28.7 Å². The monoisotopic (exact) mass is 208 g/mol. The maximum absolute atomic E-state index is 8.51. The fourth-order valence-corrected chi connectivity index (χ4v) is 1.55. The first-order chi connectivity index (χ1) is 6.76. The Kier molecular flexibility index (Phi) is 4.20. The number of nitriles is 1. The molecule has 0 saturated carbocycles. The lowest BCUT2D eigenvalue weighted by molar-refractivity contribution is 0.941. The lowest BCUT2D eigenvalue weighted by atomic mass is 10.3. The molecule has 1 heterocycles. The van der Waals surface area contributed by atoms with E-state index in [1.165, 1.54) is 11.8 Å². The van der Waals surface area contributed by atoms with Gasteiger partial charge in [0.05, 0.1) is 6.07 Å². The van der Waals surface area contributed by atoms with Crippen LogP contribution < -0.4 is 0 Å². The van der Waals surface area contributed by atoms with Crippen molar-refractivity contribution in [3.8, 4) is 6.07 Å². The highest BCUT2D eigenvalue weighted by molar-refractivity contribution is 7.99. The zero-order valence-electron chi connectivity index (χ0n) is 8.24. The average Bonchev–Trinajstić information content (AvgIpc) is 2.65. The highest BCUT2D eigenvalue weighted by Gasteiger charge is 2.00. The molecule has 0 aromatic carbocycles. The van der Waals surface area contributed by atoms with Crippen molar-refractivity contribution in [3.05, 3.63) is 17.5 Å². The van der Waals surface area contributed by atoms with Gasteiger partial charge >= 0.3 is 0 Å². The van der Waals surface area contributed by atoms with Gasteiger partial charge < -0.3 is 0 Å². The lowest BCUT2D eigenvalue weighted by Gasteiger charge is -1.89. The summed E-state index contributed by atoms with van der Waals surface area (Å²) in [6.07, 6.45) is 2.73. The number of hydrogen-bond acceptors (Lipinski definition) is 4. The lowest BCUT2D eigenvalue weighted by Crippen LogP contribution is -1.81. The van der Waals surface area contributed by atoms with Crippen LogP contribution >= 0.6 is 11.8 Å². The SMILES string of the molecule is CCc1nc(SC/C=C(\C)C#N)n[nH]1. The first-order valence-electron chi connectivity index (χ1n) is 4.37. The van der Waals surface area contributed by atoms with Crippen LogP contribution in [0.15, 0.2) is 16.8 Å². The molecule has 1 aromatic heterocycles. The summed E-state index contributed by atoms with van der Waals surface area (Å²) < 4.78 is 0. The molecule has 74 valence electrons. The molecule has 0 aliphatic heterocycles. The quantitative estimate of drug-likeness (QED) is 0.606. The fraction of sp³-hybridized carbons (Fsp3) is 0.444. The molecule has 1 aromatic rings. The van der Waals surface area contributed by atoms with Gasteiger partial charge in [-0.15, -0.1) is 5.10 Å². The summed E-state index contributed by atoms with van der Waals surface area (Å²) in [6, 6.07) is 2.07. The minimum atomic E-state index is 0.726. The number of hydrogen-bond donors (Lipinski definition) is 1. The van der Waals surface area contributed by atoms with Crippen LogP contribution in [-0.4, -0.2) is 20.9 Å². The molecule has 0 unspecified atom stereocenters. The van der Waals surface area contributed by atoms with E-state index < -0.39 is 0 Å². The fourth-order valence-electron chi connectivity index (χ4n) is 0.787. The van der Waals surface area contributed by atoms with Crippen LogP contribution in [0.1, 0.15) is 19.7 Å². The van der Waals surface area contributed by atoms with Gasteiger partial charge in [0.15, 0.2) is 0 Å². The van der Waals surface area contributed by atoms with Crippen molar-refractivity contribution in [2.75, 3.05) is 5.75 Å². The third kappa shape index (κ3) is 3.23. The van der Waals surface area contributed by atoms with E-state index in [1.54, 1.807) is 6.92 Å². The van der Waals surface area contributed by atoms with E-state index in [2.05, 4.69) is 21.3 Å². The van der Waals surface area contributed by atoms with Crippen LogP contribution in [0.25, 0.3) is 0 Å². The molecule has 0 saturated heterocycles. The number of allylic oxidation sites excluding steroid dienone is 1. The van der Waals surface area contributed by atoms with Crippen molar-refractivity contribution >= 4 is 11.8 Å². The third-order valence-corrected chi connectivity index (χ3v) is 2.40. The largest absolute Gasteiger partial charge is 0.262 e. The maximum atomic E-state index is 8.51. The van der Waals surface area contributed by atoms with Gasteiger partial charge in [0, 0.05) is 17.7 Å². The molecular formula is C9H12N4S. The molecule has 1 rings (SSSR count). The van der Waals surface area contributed by atoms with Gasteiger partial charge in [-0.2, -0.15) is 5.26 Å². The first-order valence-corrected chi connectivity index (χ1v) is 5.35. The van der Waals surface area contributed by atoms with Gasteiger partial charge in [-0.25, -0.2) is 4.98 Å². The smallest absolute Gasteiger partial charge is 0.208 e. The Balaban J connectivity index is 2.43. The van der Waals surface area contributed by atoms with E-state index >= 15 is 0 Å². The van der Waals surface area contributed by atoms with Gasteiger partial charge in [0.1, 0.15) is 5.82 Å². The highest BCUT2D eigenvalue weighted by Crippen LogP contribution is 2.12. The zero-order chi connectivity index (χ0) is 10.4. The van der Waals surface area contributed by atoms with Crippen LogP contribution in [0.2, 0.25) is 0 Å². The predicted octanol–water partition coefficient (Wildman–Crippen LogP) is 1.93. The minimum Gasteiger partial charge on any atom is -0.262 e. The number of H-pyrrole nitrogens is 1. The van der Waals surface area contributed by atoms with E-state index in [1.807, 2.05) is 13.0 Å². The van der Waals surface area contributed by atoms with Crippen molar-refractivity contribution in [3.63, 3.8) is 0 Å². The van der Waals surface area contributed by atoms with Crippen molar-refractivity contribution in [1.29, 1.82) is 5.26 Å². The molecule has 0 fully saturated rings. The second-order valence-corrected chi connectivity index (χ2v) is 3.72. The number of aromatic amines is 1. The number of aromatic nitrogens is 3. The van der Waals surface area contributed by atoms with E-state index in [4.69, 9.17) is 5.26 Å². The molecule has 0 amide bonds. The molecule has 0 aliphatic carbocycles. The summed E-state index contributed by atoms with van der Waals surface area (Å²) >= 11 is 1.52. The van der Waals surface area contributed by atoms with Gasteiger partial charge in [-0.05, 0) is 6.92 Å². The molecule has 0 atom stereocenters.